The highest BCUT2D eigenvalue weighted by Crippen LogP contribution is 2.07. The SMILES string of the molecule is C/N=C(\N=C(C)C)c1ccc(CNC(C)=O)cc1. The van der Waals surface area contributed by atoms with Gasteiger partial charge in [0.2, 0.25) is 5.91 Å². The third kappa shape index (κ3) is 4.49. The number of benzene rings is 1. The molecule has 0 aromatic heterocycles. The molecule has 0 radical (unpaired) electrons. The molecule has 1 aromatic carbocycles. The zero-order valence-corrected chi connectivity index (χ0v) is 11.3. The van der Waals surface area contributed by atoms with Crippen LogP contribution in [-0.2, 0) is 11.3 Å². The van der Waals surface area contributed by atoms with E-state index >= 15 is 0 Å². The van der Waals surface area contributed by atoms with Crippen molar-refractivity contribution in [2.45, 2.75) is 27.3 Å². The zero-order chi connectivity index (χ0) is 13.5. The lowest BCUT2D eigenvalue weighted by Crippen LogP contribution is -2.18. The molecule has 0 aliphatic rings. The van der Waals surface area contributed by atoms with Gasteiger partial charge in [-0.25, -0.2) is 4.99 Å². The van der Waals surface area contributed by atoms with Gasteiger partial charge in [0.15, 0.2) is 5.84 Å². The lowest BCUT2D eigenvalue weighted by atomic mass is 10.1. The molecule has 4 nitrogen and oxygen atoms in total. The van der Waals surface area contributed by atoms with Gasteiger partial charge in [-0.1, -0.05) is 24.3 Å². The van der Waals surface area contributed by atoms with Crippen molar-refractivity contribution < 1.29 is 4.79 Å². The van der Waals surface area contributed by atoms with E-state index in [4.69, 9.17) is 0 Å². The van der Waals surface area contributed by atoms with Gasteiger partial charge >= 0.3 is 0 Å². The highest BCUT2D eigenvalue weighted by atomic mass is 16.1. The van der Waals surface area contributed by atoms with Crippen molar-refractivity contribution in [3.05, 3.63) is 35.4 Å². The third-order valence-electron chi connectivity index (χ3n) is 2.29. The Morgan fingerprint density at radius 3 is 2.22 bits per heavy atom. The van der Waals surface area contributed by atoms with Crippen molar-refractivity contribution in [3.8, 4) is 0 Å². The summed E-state index contributed by atoms with van der Waals surface area (Å²) in [5.41, 5.74) is 3.00. The van der Waals surface area contributed by atoms with Gasteiger partial charge in [0.05, 0.1) is 0 Å². The van der Waals surface area contributed by atoms with Gasteiger partial charge in [0.1, 0.15) is 0 Å². The average molecular weight is 245 g/mol. The van der Waals surface area contributed by atoms with Crippen LogP contribution in [0, 0.1) is 0 Å². The first-order chi connectivity index (χ1) is 8.52. The molecule has 1 amide bonds. The molecule has 0 heterocycles. The fourth-order valence-electron chi connectivity index (χ4n) is 1.45. The molecule has 0 aliphatic carbocycles. The van der Waals surface area contributed by atoms with Gasteiger partial charge in [0.25, 0.3) is 0 Å². The van der Waals surface area contributed by atoms with E-state index < -0.39 is 0 Å². The predicted octanol–water partition coefficient (Wildman–Crippen LogP) is 2.18. The van der Waals surface area contributed by atoms with Crippen molar-refractivity contribution in [1.29, 1.82) is 0 Å². The molecular formula is C14H19N3O. The minimum atomic E-state index is -0.0268. The summed E-state index contributed by atoms with van der Waals surface area (Å²) in [4.78, 5) is 19.3. The van der Waals surface area contributed by atoms with Crippen LogP contribution in [0.1, 0.15) is 31.9 Å². The molecule has 0 saturated carbocycles. The second-order valence-corrected chi connectivity index (χ2v) is 4.21. The summed E-state index contributed by atoms with van der Waals surface area (Å²) in [6.07, 6.45) is 0. The first-order valence-electron chi connectivity index (χ1n) is 5.85. The van der Waals surface area contributed by atoms with Crippen molar-refractivity contribution in [2.75, 3.05) is 7.05 Å². The number of amidine groups is 1. The van der Waals surface area contributed by atoms with Gasteiger partial charge in [-0.15, -0.1) is 0 Å². The summed E-state index contributed by atoms with van der Waals surface area (Å²) in [5.74, 6) is 0.696. The highest BCUT2D eigenvalue weighted by Gasteiger charge is 2.01. The van der Waals surface area contributed by atoms with E-state index in [1.165, 1.54) is 6.92 Å². The standard InChI is InChI=1S/C14H19N3O/c1-10(2)17-14(15-4)13-7-5-12(6-8-13)9-16-11(3)18/h5-8H,9H2,1-4H3,(H,16,18)/b15-14-. The highest BCUT2D eigenvalue weighted by molar-refractivity contribution is 6.05. The van der Waals surface area contributed by atoms with Crippen LogP contribution in [0.3, 0.4) is 0 Å². The molecule has 0 fully saturated rings. The van der Waals surface area contributed by atoms with Crippen LogP contribution in [0.5, 0.6) is 0 Å². The number of amides is 1. The monoisotopic (exact) mass is 245 g/mol. The maximum Gasteiger partial charge on any atom is 0.217 e. The molecular weight excluding hydrogens is 226 g/mol. The van der Waals surface area contributed by atoms with E-state index in [1.54, 1.807) is 7.05 Å². The van der Waals surface area contributed by atoms with Crippen LogP contribution in [0.2, 0.25) is 0 Å². The second kappa shape index (κ2) is 6.69. The van der Waals surface area contributed by atoms with Gasteiger partial charge in [-0.3, -0.25) is 9.79 Å². The summed E-state index contributed by atoms with van der Waals surface area (Å²) in [5, 5.41) is 2.76. The lowest BCUT2D eigenvalue weighted by molar-refractivity contribution is -0.119. The number of hydrogen-bond donors (Lipinski definition) is 1. The van der Waals surface area contributed by atoms with Crippen LogP contribution < -0.4 is 5.32 Å². The first-order valence-corrected chi connectivity index (χ1v) is 5.85. The molecule has 4 heteroatoms. The van der Waals surface area contributed by atoms with Crippen LogP contribution in [-0.4, -0.2) is 24.5 Å². The fraction of sp³-hybridized carbons (Fsp3) is 0.357. The molecule has 0 bridgehead atoms. The maximum absolute atomic E-state index is 10.8. The summed E-state index contributed by atoms with van der Waals surface area (Å²) >= 11 is 0. The van der Waals surface area contributed by atoms with Crippen molar-refractivity contribution in [2.24, 2.45) is 9.98 Å². The Bertz CT molecular complexity index is 468. The van der Waals surface area contributed by atoms with E-state index in [9.17, 15) is 4.79 Å². The Balaban J connectivity index is 2.82. The number of carbonyl (C=O) groups is 1. The van der Waals surface area contributed by atoms with E-state index in [2.05, 4.69) is 15.3 Å². The van der Waals surface area contributed by atoms with Crippen molar-refractivity contribution in [1.82, 2.24) is 5.32 Å². The molecule has 18 heavy (non-hydrogen) atoms. The molecule has 1 rings (SSSR count). The van der Waals surface area contributed by atoms with E-state index in [-0.39, 0.29) is 5.91 Å². The minimum Gasteiger partial charge on any atom is -0.352 e. The number of nitrogens with zero attached hydrogens (tertiary/aromatic N) is 2. The summed E-state index contributed by atoms with van der Waals surface area (Å²) in [7, 11) is 1.73. The maximum atomic E-state index is 10.8. The molecule has 1 N–H and O–H groups in total. The van der Waals surface area contributed by atoms with Gasteiger partial charge in [-0.05, 0) is 19.4 Å². The zero-order valence-electron chi connectivity index (χ0n) is 11.3. The van der Waals surface area contributed by atoms with Crippen LogP contribution in [0.15, 0.2) is 34.3 Å². The largest absolute Gasteiger partial charge is 0.352 e. The smallest absolute Gasteiger partial charge is 0.217 e. The minimum absolute atomic E-state index is 0.0268. The first kappa shape index (κ1) is 14.1. The van der Waals surface area contributed by atoms with E-state index in [0.717, 1.165) is 22.7 Å². The molecule has 0 unspecified atom stereocenters. The Labute approximate surface area is 108 Å². The van der Waals surface area contributed by atoms with E-state index in [1.807, 2.05) is 38.1 Å². The predicted molar refractivity (Wildman–Crippen MR) is 75.2 cm³/mol. The summed E-state index contributed by atoms with van der Waals surface area (Å²) in [6, 6.07) is 7.87. The molecule has 0 aliphatic heterocycles. The summed E-state index contributed by atoms with van der Waals surface area (Å²) < 4.78 is 0. The molecule has 0 atom stereocenters. The third-order valence-corrected chi connectivity index (χ3v) is 2.29. The average Bonchev–Trinajstić information content (AvgIpc) is 2.34. The molecule has 96 valence electrons. The topological polar surface area (TPSA) is 53.8 Å². The second-order valence-electron chi connectivity index (χ2n) is 4.21. The van der Waals surface area contributed by atoms with Crippen LogP contribution >= 0.6 is 0 Å². The number of hydrogen-bond acceptors (Lipinski definition) is 2. The summed E-state index contributed by atoms with van der Waals surface area (Å²) in [6.45, 7) is 5.94. The number of rotatable bonds is 3. The Hall–Kier alpha value is -1.97. The van der Waals surface area contributed by atoms with Gasteiger partial charge < -0.3 is 5.32 Å². The number of carbonyl (C=O) groups excluding carboxylic acids is 1. The van der Waals surface area contributed by atoms with Gasteiger partial charge in [0, 0.05) is 31.8 Å². The molecule has 0 saturated heterocycles. The van der Waals surface area contributed by atoms with E-state index in [0.29, 0.717) is 6.54 Å². The van der Waals surface area contributed by atoms with Crippen LogP contribution in [0.25, 0.3) is 0 Å². The Kier molecular flexibility index (Phi) is 5.24. The normalized spacial score (nSPS) is 11.0. The van der Waals surface area contributed by atoms with Gasteiger partial charge in [-0.2, -0.15) is 0 Å². The van der Waals surface area contributed by atoms with Crippen LogP contribution in [0.4, 0.5) is 0 Å². The number of aliphatic imine (C=N–C) groups is 2. The Morgan fingerprint density at radius 1 is 1.17 bits per heavy atom. The quantitative estimate of drug-likeness (QED) is 0.644. The van der Waals surface area contributed by atoms with Crippen molar-refractivity contribution in [3.63, 3.8) is 0 Å². The fourth-order valence-corrected chi connectivity index (χ4v) is 1.45. The lowest BCUT2D eigenvalue weighted by Gasteiger charge is -2.05. The molecule has 0 spiro atoms. The molecule has 1 aromatic rings. The number of nitrogens with one attached hydrogen (secondary N) is 1. The van der Waals surface area contributed by atoms with Crippen molar-refractivity contribution >= 4 is 17.5 Å². The Morgan fingerprint density at radius 2 is 1.78 bits per heavy atom.